The zero-order valence-corrected chi connectivity index (χ0v) is 14.8. The van der Waals surface area contributed by atoms with E-state index in [1.54, 1.807) is 17.2 Å². The van der Waals surface area contributed by atoms with Crippen molar-refractivity contribution in [3.05, 3.63) is 22.8 Å². The predicted octanol–water partition coefficient (Wildman–Crippen LogP) is 2.21. The van der Waals surface area contributed by atoms with E-state index in [9.17, 15) is 4.79 Å². The fourth-order valence-electron chi connectivity index (χ4n) is 3.12. The maximum Gasteiger partial charge on any atom is 0.255 e. The number of carbonyl (C=O) groups is 1. The van der Waals surface area contributed by atoms with E-state index in [1.165, 1.54) is 6.42 Å². The minimum absolute atomic E-state index is 0.0440. The molecule has 3 heterocycles. The van der Waals surface area contributed by atoms with Crippen LogP contribution in [0, 0.1) is 0 Å². The van der Waals surface area contributed by atoms with Crippen LogP contribution in [-0.4, -0.2) is 68.4 Å². The summed E-state index contributed by atoms with van der Waals surface area (Å²) in [5.74, 6) is 0.641. The first kappa shape index (κ1) is 17.5. The third-order valence-corrected chi connectivity index (χ3v) is 4.76. The minimum Gasteiger partial charge on any atom is -0.378 e. The average molecular weight is 354 g/mol. The number of morpholine rings is 1. The quantitative estimate of drug-likeness (QED) is 0.830. The molecule has 0 aromatic carbocycles. The maximum atomic E-state index is 12.5. The van der Waals surface area contributed by atoms with Crippen molar-refractivity contribution in [3.8, 4) is 0 Å². The lowest BCUT2D eigenvalue weighted by Gasteiger charge is -2.29. The van der Waals surface area contributed by atoms with Crippen LogP contribution in [0.2, 0.25) is 5.02 Å². The summed E-state index contributed by atoms with van der Waals surface area (Å²) in [6.45, 7) is 3.95. The lowest BCUT2D eigenvalue weighted by atomic mass is 10.1. The topological polar surface area (TPSA) is 54.9 Å². The summed E-state index contributed by atoms with van der Waals surface area (Å²) < 4.78 is 11.0. The highest BCUT2D eigenvalue weighted by Gasteiger charge is 2.22. The van der Waals surface area contributed by atoms with Crippen molar-refractivity contribution in [3.63, 3.8) is 0 Å². The Labute approximate surface area is 147 Å². The number of rotatable bonds is 4. The number of ether oxygens (including phenoxy) is 2. The van der Waals surface area contributed by atoms with Crippen LogP contribution in [0.5, 0.6) is 0 Å². The molecule has 0 radical (unpaired) electrons. The predicted molar refractivity (Wildman–Crippen MR) is 92.8 cm³/mol. The Morgan fingerprint density at radius 3 is 2.83 bits per heavy atom. The third-order valence-electron chi connectivity index (χ3n) is 4.48. The van der Waals surface area contributed by atoms with Gasteiger partial charge in [-0.25, -0.2) is 4.98 Å². The van der Waals surface area contributed by atoms with Gasteiger partial charge in [0.25, 0.3) is 5.91 Å². The van der Waals surface area contributed by atoms with E-state index in [-0.39, 0.29) is 12.0 Å². The molecule has 0 N–H and O–H groups in total. The molecule has 1 amide bonds. The summed E-state index contributed by atoms with van der Waals surface area (Å²) >= 11 is 6.38. The Morgan fingerprint density at radius 2 is 2.17 bits per heavy atom. The van der Waals surface area contributed by atoms with Crippen molar-refractivity contribution < 1.29 is 14.3 Å². The maximum absolute atomic E-state index is 12.5. The number of hydrogen-bond acceptors (Lipinski definition) is 5. The Hall–Kier alpha value is -1.37. The first-order valence-electron chi connectivity index (χ1n) is 8.50. The fourth-order valence-corrected chi connectivity index (χ4v) is 3.43. The monoisotopic (exact) mass is 353 g/mol. The summed E-state index contributed by atoms with van der Waals surface area (Å²) in [5.41, 5.74) is 0.521. The second-order valence-corrected chi connectivity index (χ2v) is 6.71. The van der Waals surface area contributed by atoms with Crippen LogP contribution in [0.15, 0.2) is 12.3 Å². The standard InChI is InChI=1S/C17H24ClN3O3/c1-20(12-14-4-2-3-7-24-14)16-15(18)10-13(11-19-16)17(22)21-5-8-23-9-6-21/h10-11,14H,2-9,12H2,1H3. The number of anilines is 1. The Bertz CT molecular complexity index is 572. The summed E-state index contributed by atoms with van der Waals surface area (Å²) in [7, 11) is 1.95. The molecule has 1 aromatic rings. The lowest BCUT2D eigenvalue weighted by molar-refractivity contribution is 0.0215. The smallest absolute Gasteiger partial charge is 0.255 e. The number of nitrogens with zero attached hydrogens (tertiary/aromatic N) is 3. The van der Waals surface area contributed by atoms with Crippen LogP contribution in [-0.2, 0) is 9.47 Å². The molecule has 7 heteroatoms. The largest absolute Gasteiger partial charge is 0.378 e. The number of hydrogen-bond donors (Lipinski definition) is 0. The van der Waals surface area contributed by atoms with Gasteiger partial charge in [-0.2, -0.15) is 0 Å². The number of likely N-dealkylation sites (N-methyl/N-ethyl adjacent to an activating group) is 1. The SMILES string of the molecule is CN(CC1CCCCO1)c1ncc(C(=O)N2CCOCC2)cc1Cl. The second-order valence-electron chi connectivity index (χ2n) is 6.30. The molecule has 1 unspecified atom stereocenters. The molecule has 2 aliphatic heterocycles. The van der Waals surface area contributed by atoms with Crippen molar-refractivity contribution in [2.45, 2.75) is 25.4 Å². The fraction of sp³-hybridized carbons (Fsp3) is 0.647. The van der Waals surface area contributed by atoms with E-state index in [1.807, 2.05) is 11.9 Å². The first-order valence-corrected chi connectivity index (χ1v) is 8.88. The van der Waals surface area contributed by atoms with E-state index in [4.69, 9.17) is 21.1 Å². The van der Waals surface area contributed by atoms with Crippen LogP contribution >= 0.6 is 11.6 Å². The van der Waals surface area contributed by atoms with Crippen molar-refractivity contribution in [1.29, 1.82) is 0 Å². The Kier molecular flexibility index (Phi) is 5.92. The molecule has 6 nitrogen and oxygen atoms in total. The van der Waals surface area contributed by atoms with Crippen LogP contribution in [0.1, 0.15) is 29.6 Å². The molecular weight excluding hydrogens is 330 g/mol. The van der Waals surface area contributed by atoms with Gasteiger partial charge >= 0.3 is 0 Å². The van der Waals surface area contributed by atoms with Crippen LogP contribution < -0.4 is 4.90 Å². The molecule has 0 spiro atoms. The molecule has 24 heavy (non-hydrogen) atoms. The van der Waals surface area contributed by atoms with E-state index < -0.39 is 0 Å². The molecule has 2 fully saturated rings. The molecule has 2 aliphatic rings. The summed E-state index contributed by atoms with van der Waals surface area (Å²) in [5, 5.41) is 0.493. The van der Waals surface area contributed by atoms with E-state index in [0.717, 1.165) is 26.0 Å². The zero-order chi connectivity index (χ0) is 16.9. The summed E-state index contributed by atoms with van der Waals surface area (Å²) in [6.07, 6.45) is 5.23. The molecular formula is C17H24ClN3O3. The van der Waals surface area contributed by atoms with Gasteiger partial charge in [-0.3, -0.25) is 4.79 Å². The highest BCUT2D eigenvalue weighted by molar-refractivity contribution is 6.33. The average Bonchev–Trinajstić information content (AvgIpc) is 2.62. The van der Waals surface area contributed by atoms with Crippen LogP contribution in [0.4, 0.5) is 5.82 Å². The normalized spacial score (nSPS) is 21.6. The van der Waals surface area contributed by atoms with Gasteiger partial charge in [0.1, 0.15) is 5.82 Å². The van der Waals surface area contributed by atoms with Gasteiger partial charge in [0, 0.05) is 39.5 Å². The Balaban J connectivity index is 1.66. The number of pyridine rings is 1. The number of amides is 1. The molecule has 0 aliphatic carbocycles. The lowest BCUT2D eigenvalue weighted by Crippen LogP contribution is -2.40. The van der Waals surface area contributed by atoms with Gasteiger partial charge in [-0.05, 0) is 25.3 Å². The second kappa shape index (κ2) is 8.14. The molecule has 2 saturated heterocycles. The Morgan fingerprint density at radius 1 is 1.38 bits per heavy atom. The van der Waals surface area contributed by atoms with Crippen molar-refractivity contribution >= 4 is 23.3 Å². The highest BCUT2D eigenvalue weighted by Crippen LogP contribution is 2.25. The number of aromatic nitrogens is 1. The van der Waals surface area contributed by atoms with Crippen molar-refractivity contribution in [2.24, 2.45) is 0 Å². The van der Waals surface area contributed by atoms with E-state index >= 15 is 0 Å². The minimum atomic E-state index is -0.0440. The van der Waals surface area contributed by atoms with Crippen molar-refractivity contribution in [2.75, 3.05) is 51.4 Å². The molecule has 132 valence electrons. The van der Waals surface area contributed by atoms with Gasteiger partial charge in [0.15, 0.2) is 0 Å². The van der Waals surface area contributed by atoms with Crippen LogP contribution in [0.25, 0.3) is 0 Å². The molecule has 1 aromatic heterocycles. The first-order chi connectivity index (χ1) is 11.6. The van der Waals surface area contributed by atoms with Gasteiger partial charge in [0.05, 0.1) is 29.9 Å². The van der Waals surface area contributed by atoms with Crippen molar-refractivity contribution in [1.82, 2.24) is 9.88 Å². The zero-order valence-electron chi connectivity index (χ0n) is 14.0. The van der Waals surface area contributed by atoms with Gasteiger partial charge in [0.2, 0.25) is 0 Å². The van der Waals surface area contributed by atoms with E-state index in [2.05, 4.69) is 4.98 Å². The van der Waals surface area contributed by atoms with Gasteiger partial charge in [-0.1, -0.05) is 11.6 Å². The van der Waals surface area contributed by atoms with Gasteiger partial charge in [-0.15, -0.1) is 0 Å². The van der Waals surface area contributed by atoms with E-state index in [0.29, 0.717) is 42.7 Å². The number of halogens is 1. The molecule has 0 saturated carbocycles. The highest BCUT2D eigenvalue weighted by atomic mass is 35.5. The molecule has 0 bridgehead atoms. The van der Waals surface area contributed by atoms with Crippen LogP contribution in [0.3, 0.4) is 0 Å². The summed E-state index contributed by atoms with van der Waals surface area (Å²) in [4.78, 5) is 20.7. The molecule has 3 rings (SSSR count). The van der Waals surface area contributed by atoms with Gasteiger partial charge < -0.3 is 19.3 Å². The summed E-state index contributed by atoms with van der Waals surface area (Å²) in [6, 6.07) is 1.71. The number of carbonyl (C=O) groups excluding carboxylic acids is 1. The molecule has 1 atom stereocenters. The third kappa shape index (κ3) is 4.18.